The van der Waals surface area contributed by atoms with Crippen molar-refractivity contribution in [3.63, 3.8) is 0 Å². The fourth-order valence-corrected chi connectivity index (χ4v) is 1.10. The minimum Gasteiger partial charge on any atom is -0.350 e. The molecule has 1 rings (SSSR count). The Morgan fingerprint density at radius 1 is 1.25 bits per heavy atom. The molecule has 0 aromatic carbocycles. The van der Waals surface area contributed by atoms with Crippen molar-refractivity contribution in [2.75, 3.05) is 13.2 Å². The molecule has 70 valence electrons. The van der Waals surface area contributed by atoms with Gasteiger partial charge < -0.3 is 14.3 Å². The smallest absolute Gasteiger partial charge is 0.162 e. The van der Waals surface area contributed by atoms with E-state index in [1.807, 2.05) is 20.8 Å². The van der Waals surface area contributed by atoms with Gasteiger partial charge in [0.2, 0.25) is 0 Å². The van der Waals surface area contributed by atoms with Crippen molar-refractivity contribution < 1.29 is 14.3 Å². The van der Waals surface area contributed by atoms with Gasteiger partial charge in [0.25, 0.3) is 0 Å². The summed E-state index contributed by atoms with van der Waals surface area (Å²) in [7, 11) is 0. The molecule has 0 atom stereocenters. The molecule has 1 heterocycles. The zero-order valence-corrected chi connectivity index (χ0v) is 7.92. The van der Waals surface area contributed by atoms with Gasteiger partial charge in [-0.1, -0.05) is 6.92 Å². The van der Waals surface area contributed by atoms with Crippen molar-refractivity contribution in [2.45, 2.75) is 33.0 Å². The van der Waals surface area contributed by atoms with Crippen molar-refractivity contribution in [1.82, 2.24) is 0 Å². The third-order valence-electron chi connectivity index (χ3n) is 2.11. The highest BCUT2D eigenvalue weighted by molar-refractivity contribution is 5.50. The molecule has 0 saturated carbocycles. The van der Waals surface area contributed by atoms with E-state index in [9.17, 15) is 4.79 Å². The molecule has 0 bridgehead atoms. The van der Waals surface area contributed by atoms with E-state index in [1.165, 1.54) is 0 Å². The second-order valence-electron chi connectivity index (χ2n) is 4.16. The van der Waals surface area contributed by atoms with Gasteiger partial charge in [-0.25, -0.2) is 0 Å². The number of carbonyl (C=O) groups is 1. The molecule has 3 nitrogen and oxygen atoms in total. The van der Waals surface area contributed by atoms with Crippen LogP contribution in [0.2, 0.25) is 0 Å². The summed E-state index contributed by atoms with van der Waals surface area (Å²) in [5.74, 6) is -0.484. The Morgan fingerprint density at radius 3 is 2.17 bits per heavy atom. The summed E-state index contributed by atoms with van der Waals surface area (Å²) in [6, 6.07) is 0. The van der Waals surface area contributed by atoms with E-state index in [1.54, 1.807) is 0 Å². The zero-order valence-electron chi connectivity index (χ0n) is 7.92. The molecule has 0 amide bonds. The Labute approximate surface area is 73.0 Å². The van der Waals surface area contributed by atoms with Crippen LogP contribution in [-0.4, -0.2) is 25.3 Å². The first-order valence-corrected chi connectivity index (χ1v) is 4.19. The van der Waals surface area contributed by atoms with Gasteiger partial charge >= 0.3 is 0 Å². The SMILES string of the molecule is CC1(CC=O)COC(C)(C)OC1. The van der Waals surface area contributed by atoms with Crippen molar-refractivity contribution in [2.24, 2.45) is 5.41 Å². The van der Waals surface area contributed by atoms with E-state index >= 15 is 0 Å². The first-order valence-electron chi connectivity index (χ1n) is 4.19. The summed E-state index contributed by atoms with van der Waals surface area (Å²) >= 11 is 0. The Kier molecular flexibility index (Phi) is 2.54. The predicted molar refractivity (Wildman–Crippen MR) is 44.8 cm³/mol. The molecule has 0 unspecified atom stereocenters. The Hall–Kier alpha value is -0.410. The molecule has 0 aliphatic carbocycles. The van der Waals surface area contributed by atoms with Crippen molar-refractivity contribution in [3.05, 3.63) is 0 Å². The van der Waals surface area contributed by atoms with E-state index in [0.717, 1.165) is 6.29 Å². The van der Waals surface area contributed by atoms with E-state index in [2.05, 4.69) is 0 Å². The highest BCUT2D eigenvalue weighted by Gasteiger charge is 2.36. The highest BCUT2D eigenvalue weighted by atomic mass is 16.7. The number of ether oxygens (including phenoxy) is 2. The lowest BCUT2D eigenvalue weighted by Crippen LogP contribution is -2.45. The summed E-state index contributed by atoms with van der Waals surface area (Å²) in [5.41, 5.74) is -0.128. The molecule has 1 fully saturated rings. The molecule has 1 aliphatic rings. The van der Waals surface area contributed by atoms with Crippen LogP contribution in [0.4, 0.5) is 0 Å². The summed E-state index contributed by atoms with van der Waals surface area (Å²) in [6.45, 7) is 6.95. The molecule has 0 spiro atoms. The third-order valence-corrected chi connectivity index (χ3v) is 2.11. The second kappa shape index (κ2) is 3.15. The fraction of sp³-hybridized carbons (Fsp3) is 0.889. The van der Waals surface area contributed by atoms with Gasteiger partial charge in [-0.05, 0) is 13.8 Å². The Balaban J connectivity index is 2.49. The normalized spacial score (nSPS) is 26.6. The number of carbonyl (C=O) groups excluding carboxylic acids is 1. The van der Waals surface area contributed by atoms with Crippen molar-refractivity contribution in [1.29, 1.82) is 0 Å². The van der Waals surface area contributed by atoms with Crippen LogP contribution in [0.1, 0.15) is 27.2 Å². The summed E-state index contributed by atoms with van der Waals surface area (Å²) < 4.78 is 10.9. The van der Waals surface area contributed by atoms with Crippen LogP contribution >= 0.6 is 0 Å². The largest absolute Gasteiger partial charge is 0.350 e. The predicted octanol–water partition coefficient (Wildman–Crippen LogP) is 1.36. The zero-order chi connectivity index (χ0) is 9.24. The van der Waals surface area contributed by atoms with E-state index in [4.69, 9.17) is 9.47 Å². The van der Waals surface area contributed by atoms with Crippen LogP contribution in [0.3, 0.4) is 0 Å². The molecule has 3 heteroatoms. The quantitative estimate of drug-likeness (QED) is 0.590. The lowest BCUT2D eigenvalue weighted by atomic mass is 9.88. The average molecular weight is 172 g/mol. The maximum absolute atomic E-state index is 10.3. The van der Waals surface area contributed by atoms with Crippen LogP contribution < -0.4 is 0 Å². The van der Waals surface area contributed by atoms with Gasteiger partial charge in [0.15, 0.2) is 5.79 Å². The number of aldehydes is 1. The Bertz CT molecular complexity index is 165. The lowest BCUT2D eigenvalue weighted by Gasteiger charge is -2.40. The lowest BCUT2D eigenvalue weighted by molar-refractivity contribution is -0.281. The molecule has 1 saturated heterocycles. The van der Waals surface area contributed by atoms with E-state index in [0.29, 0.717) is 19.6 Å². The number of hydrogen-bond acceptors (Lipinski definition) is 3. The van der Waals surface area contributed by atoms with Gasteiger partial charge in [0.05, 0.1) is 13.2 Å². The van der Waals surface area contributed by atoms with Crippen molar-refractivity contribution >= 4 is 6.29 Å². The average Bonchev–Trinajstić information content (AvgIpc) is 1.98. The van der Waals surface area contributed by atoms with Crippen LogP contribution in [-0.2, 0) is 14.3 Å². The van der Waals surface area contributed by atoms with Gasteiger partial charge in [-0.3, -0.25) is 0 Å². The number of hydrogen-bond donors (Lipinski definition) is 0. The van der Waals surface area contributed by atoms with Crippen LogP contribution in [0.5, 0.6) is 0 Å². The summed E-state index contributed by atoms with van der Waals surface area (Å²) in [4.78, 5) is 10.3. The van der Waals surface area contributed by atoms with E-state index < -0.39 is 5.79 Å². The molecule has 1 aliphatic heterocycles. The van der Waals surface area contributed by atoms with Gasteiger partial charge in [0.1, 0.15) is 6.29 Å². The second-order valence-corrected chi connectivity index (χ2v) is 4.16. The van der Waals surface area contributed by atoms with Gasteiger partial charge in [-0.15, -0.1) is 0 Å². The molecule has 0 aromatic heterocycles. The van der Waals surface area contributed by atoms with Gasteiger partial charge in [0, 0.05) is 11.8 Å². The first kappa shape index (κ1) is 9.68. The maximum atomic E-state index is 10.3. The molecular formula is C9H16O3. The van der Waals surface area contributed by atoms with E-state index in [-0.39, 0.29) is 5.41 Å². The molecule has 0 radical (unpaired) electrons. The summed E-state index contributed by atoms with van der Waals surface area (Å²) in [5, 5.41) is 0. The fourth-order valence-electron chi connectivity index (χ4n) is 1.10. The minimum atomic E-state index is -0.484. The number of rotatable bonds is 2. The van der Waals surface area contributed by atoms with Crippen LogP contribution in [0.15, 0.2) is 0 Å². The molecule has 12 heavy (non-hydrogen) atoms. The molecule has 0 N–H and O–H groups in total. The molecular weight excluding hydrogens is 156 g/mol. The monoisotopic (exact) mass is 172 g/mol. The maximum Gasteiger partial charge on any atom is 0.162 e. The topological polar surface area (TPSA) is 35.5 Å². The third kappa shape index (κ3) is 2.29. The molecule has 0 aromatic rings. The first-order chi connectivity index (χ1) is 5.47. The van der Waals surface area contributed by atoms with Crippen LogP contribution in [0, 0.1) is 5.41 Å². The standard InChI is InChI=1S/C9H16O3/c1-8(2)11-6-9(3,4-5-10)7-12-8/h5H,4,6-7H2,1-3H3. The van der Waals surface area contributed by atoms with Crippen molar-refractivity contribution in [3.8, 4) is 0 Å². The Morgan fingerprint density at radius 2 is 1.75 bits per heavy atom. The summed E-state index contributed by atoms with van der Waals surface area (Å²) in [6.07, 6.45) is 1.42. The van der Waals surface area contributed by atoms with Gasteiger partial charge in [-0.2, -0.15) is 0 Å². The van der Waals surface area contributed by atoms with Crippen LogP contribution in [0.25, 0.3) is 0 Å². The minimum absolute atomic E-state index is 0.128. The highest BCUT2D eigenvalue weighted by Crippen LogP contribution is 2.31.